The Balaban J connectivity index is 1.90. The summed E-state index contributed by atoms with van der Waals surface area (Å²) in [5.41, 5.74) is 10.7. The van der Waals surface area contributed by atoms with Gasteiger partial charge in [-0.25, -0.2) is 0 Å². The van der Waals surface area contributed by atoms with Gasteiger partial charge in [-0.3, -0.25) is 9.59 Å². The number of hydrogen-bond acceptors (Lipinski definition) is 6. The van der Waals surface area contributed by atoms with Crippen molar-refractivity contribution in [2.24, 2.45) is 22.3 Å². The molecule has 0 saturated carbocycles. The standard InChI is InChI=1S/C27H30N2O2S4/c28-24(30)10-1-11-26(16-20-6-2-12-32-20,17-21-7-3-13-33-21)27(25(29)31,18-22-8-4-14-34-22)19-23-9-5-15-35-23/h2-9,12-15H,1,10-11,16-19H2,(H2,28,30)(H2,29,31). The molecule has 0 unspecified atom stereocenters. The lowest BCUT2D eigenvalue weighted by Gasteiger charge is -2.49. The number of carbonyl (C=O) groups is 2. The minimum absolute atomic E-state index is 0.272. The molecule has 8 heteroatoms. The molecule has 184 valence electrons. The lowest BCUT2D eigenvalue weighted by Crippen LogP contribution is -2.56. The number of thiophene rings is 4. The fourth-order valence-electron chi connectivity index (χ4n) is 5.21. The minimum atomic E-state index is -0.839. The molecular weight excluding hydrogens is 513 g/mol. The number of nitrogens with two attached hydrogens (primary N) is 2. The molecule has 2 amide bonds. The van der Waals surface area contributed by atoms with Crippen LogP contribution in [-0.4, -0.2) is 11.8 Å². The van der Waals surface area contributed by atoms with Crippen molar-refractivity contribution in [2.45, 2.75) is 44.9 Å². The van der Waals surface area contributed by atoms with E-state index < -0.39 is 10.8 Å². The van der Waals surface area contributed by atoms with Crippen molar-refractivity contribution >= 4 is 57.2 Å². The molecule has 4 aromatic rings. The van der Waals surface area contributed by atoms with Crippen molar-refractivity contribution < 1.29 is 9.59 Å². The Hall–Kier alpha value is -2.26. The van der Waals surface area contributed by atoms with E-state index in [-0.39, 0.29) is 11.8 Å². The summed E-state index contributed by atoms with van der Waals surface area (Å²) in [7, 11) is 0. The van der Waals surface area contributed by atoms with E-state index >= 15 is 0 Å². The van der Waals surface area contributed by atoms with Crippen molar-refractivity contribution in [2.75, 3.05) is 0 Å². The van der Waals surface area contributed by atoms with E-state index in [0.717, 1.165) is 22.6 Å². The van der Waals surface area contributed by atoms with Gasteiger partial charge in [0, 0.05) is 25.9 Å². The normalized spacial score (nSPS) is 12.1. The molecular formula is C27H30N2O2S4. The zero-order valence-electron chi connectivity index (χ0n) is 19.5. The van der Waals surface area contributed by atoms with Crippen LogP contribution in [0.1, 0.15) is 38.8 Å². The second-order valence-electron chi connectivity index (χ2n) is 9.07. The maximum Gasteiger partial charge on any atom is 0.224 e. The van der Waals surface area contributed by atoms with E-state index in [1.54, 1.807) is 45.3 Å². The topological polar surface area (TPSA) is 86.2 Å². The van der Waals surface area contributed by atoms with E-state index in [1.165, 1.54) is 9.75 Å². The van der Waals surface area contributed by atoms with Crippen LogP contribution in [0.5, 0.6) is 0 Å². The van der Waals surface area contributed by atoms with Crippen LogP contribution in [0.2, 0.25) is 0 Å². The van der Waals surface area contributed by atoms with Gasteiger partial charge in [-0.05, 0) is 89.7 Å². The fraction of sp³-hybridized carbons (Fsp3) is 0.333. The highest BCUT2D eigenvalue weighted by Crippen LogP contribution is 2.54. The van der Waals surface area contributed by atoms with Crippen LogP contribution in [0.4, 0.5) is 0 Å². The summed E-state index contributed by atoms with van der Waals surface area (Å²) in [6, 6.07) is 16.7. The maximum atomic E-state index is 13.8. The van der Waals surface area contributed by atoms with Crippen LogP contribution >= 0.6 is 45.3 Å². The van der Waals surface area contributed by atoms with E-state index in [2.05, 4.69) is 57.9 Å². The summed E-state index contributed by atoms with van der Waals surface area (Å²) in [5, 5.41) is 8.28. The van der Waals surface area contributed by atoms with E-state index in [4.69, 9.17) is 11.5 Å². The molecule has 0 saturated heterocycles. The summed E-state index contributed by atoms with van der Waals surface area (Å²) in [6.07, 6.45) is 4.20. The van der Waals surface area contributed by atoms with Crippen LogP contribution in [0.3, 0.4) is 0 Å². The van der Waals surface area contributed by atoms with Gasteiger partial charge in [0.2, 0.25) is 11.8 Å². The Morgan fingerprint density at radius 2 is 1.06 bits per heavy atom. The SMILES string of the molecule is NC(=O)CCCC(Cc1cccs1)(Cc1cccs1)C(Cc1cccs1)(Cc1cccs1)C(N)=O. The Morgan fingerprint density at radius 1 is 0.657 bits per heavy atom. The molecule has 35 heavy (non-hydrogen) atoms. The second-order valence-corrected chi connectivity index (χ2v) is 13.2. The van der Waals surface area contributed by atoms with Gasteiger partial charge in [0.25, 0.3) is 0 Å². The number of hydrogen-bond donors (Lipinski definition) is 2. The maximum absolute atomic E-state index is 13.8. The van der Waals surface area contributed by atoms with E-state index in [0.29, 0.717) is 32.1 Å². The Kier molecular flexibility index (Phi) is 8.59. The summed E-state index contributed by atoms with van der Waals surface area (Å²) < 4.78 is 0. The van der Waals surface area contributed by atoms with Gasteiger partial charge in [0.05, 0.1) is 5.41 Å². The quantitative estimate of drug-likeness (QED) is 0.195. The molecule has 4 rings (SSSR count). The first-order chi connectivity index (χ1) is 16.9. The lowest BCUT2D eigenvalue weighted by molar-refractivity contribution is -0.137. The van der Waals surface area contributed by atoms with E-state index in [1.807, 2.05) is 12.1 Å². The van der Waals surface area contributed by atoms with Crippen LogP contribution < -0.4 is 11.5 Å². The van der Waals surface area contributed by atoms with Gasteiger partial charge in [-0.2, -0.15) is 0 Å². The number of rotatable bonds is 14. The number of amides is 2. The highest BCUT2D eigenvalue weighted by molar-refractivity contribution is 7.10. The second kappa shape index (κ2) is 11.6. The van der Waals surface area contributed by atoms with Gasteiger partial charge >= 0.3 is 0 Å². The molecule has 4 aromatic heterocycles. The molecule has 0 atom stereocenters. The van der Waals surface area contributed by atoms with Gasteiger partial charge in [0.15, 0.2) is 0 Å². The number of carbonyl (C=O) groups excluding carboxylic acids is 2. The van der Waals surface area contributed by atoms with Gasteiger partial charge in [-0.15, -0.1) is 45.3 Å². The molecule has 0 bridgehead atoms. The van der Waals surface area contributed by atoms with Crippen LogP contribution in [0, 0.1) is 10.8 Å². The number of primary amides is 2. The van der Waals surface area contributed by atoms with Crippen LogP contribution in [-0.2, 0) is 35.3 Å². The van der Waals surface area contributed by atoms with E-state index in [9.17, 15) is 9.59 Å². The van der Waals surface area contributed by atoms with Crippen molar-refractivity contribution in [1.29, 1.82) is 0 Å². The largest absolute Gasteiger partial charge is 0.370 e. The first-order valence-electron chi connectivity index (χ1n) is 11.6. The predicted octanol–water partition coefficient (Wildman–Crippen LogP) is 6.32. The lowest BCUT2D eigenvalue weighted by atomic mass is 9.53. The third-order valence-corrected chi connectivity index (χ3v) is 10.4. The third kappa shape index (κ3) is 6.12. The predicted molar refractivity (Wildman–Crippen MR) is 149 cm³/mol. The first kappa shape index (κ1) is 25.8. The molecule has 4 N–H and O–H groups in total. The van der Waals surface area contributed by atoms with Gasteiger partial charge in [-0.1, -0.05) is 24.3 Å². The Bertz CT molecular complexity index is 1110. The van der Waals surface area contributed by atoms with Crippen molar-refractivity contribution in [3.05, 3.63) is 89.6 Å². The van der Waals surface area contributed by atoms with Crippen molar-refractivity contribution in [1.82, 2.24) is 0 Å². The molecule has 0 aliphatic heterocycles. The molecule has 4 heterocycles. The molecule has 0 aliphatic carbocycles. The molecule has 0 aromatic carbocycles. The van der Waals surface area contributed by atoms with Crippen LogP contribution in [0.25, 0.3) is 0 Å². The Morgan fingerprint density at radius 3 is 1.37 bits per heavy atom. The molecule has 0 radical (unpaired) electrons. The molecule has 0 spiro atoms. The minimum Gasteiger partial charge on any atom is -0.370 e. The highest BCUT2D eigenvalue weighted by atomic mass is 32.1. The van der Waals surface area contributed by atoms with Gasteiger partial charge < -0.3 is 11.5 Å². The highest BCUT2D eigenvalue weighted by Gasteiger charge is 2.55. The molecule has 0 aliphatic rings. The molecule has 0 fully saturated rings. The first-order valence-corrected chi connectivity index (χ1v) is 15.1. The summed E-state index contributed by atoms with van der Waals surface area (Å²) in [4.78, 5) is 30.3. The smallest absolute Gasteiger partial charge is 0.224 e. The third-order valence-electron chi connectivity index (χ3n) is 6.86. The van der Waals surface area contributed by atoms with Crippen molar-refractivity contribution in [3.63, 3.8) is 0 Å². The summed E-state index contributed by atoms with van der Waals surface area (Å²) in [5.74, 6) is -0.584. The zero-order chi connectivity index (χ0) is 24.7. The van der Waals surface area contributed by atoms with Crippen molar-refractivity contribution in [3.8, 4) is 0 Å². The zero-order valence-corrected chi connectivity index (χ0v) is 22.7. The fourth-order valence-corrected chi connectivity index (χ4v) is 8.54. The van der Waals surface area contributed by atoms with Gasteiger partial charge in [0.1, 0.15) is 0 Å². The van der Waals surface area contributed by atoms with Crippen LogP contribution in [0.15, 0.2) is 70.1 Å². The monoisotopic (exact) mass is 542 g/mol. The average molecular weight is 543 g/mol. The summed E-state index contributed by atoms with van der Waals surface area (Å²) in [6.45, 7) is 0. The molecule has 4 nitrogen and oxygen atoms in total. The Labute approximate surface area is 222 Å². The average Bonchev–Trinajstić information content (AvgIpc) is 3.61. The summed E-state index contributed by atoms with van der Waals surface area (Å²) >= 11 is 6.76.